The maximum Gasteiger partial charge on any atom is 0.136 e. The first-order valence-electron chi connectivity index (χ1n) is 6.24. The lowest BCUT2D eigenvalue weighted by molar-refractivity contribution is 0.122. The molecule has 4 heteroatoms. The van der Waals surface area contributed by atoms with Crippen molar-refractivity contribution in [1.29, 1.82) is 0 Å². The summed E-state index contributed by atoms with van der Waals surface area (Å²) in [5.41, 5.74) is 7.87. The van der Waals surface area contributed by atoms with Gasteiger partial charge in [-0.15, -0.1) is 0 Å². The predicted molar refractivity (Wildman–Crippen MR) is 73.9 cm³/mol. The first-order chi connectivity index (χ1) is 8.75. The van der Waals surface area contributed by atoms with E-state index < -0.39 is 0 Å². The van der Waals surface area contributed by atoms with Crippen LogP contribution in [0.5, 0.6) is 0 Å². The van der Waals surface area contributed by atoms with E-state index in [0.717, 1.165) is 54.3 Å². The molecule has 0 saturated carbocycles. The quantitative estimate of drug-likeness (QED) is 0.778. The van der Waals surface area contributed by atoms with Gasteiger partial charge in [-0.25, -0.2) is 4.98 Å². The minimum Gasteiger partial charge on any atom is -0.398 e. The lowest BCUT2D eigenvalue weighted by Gasteiger charge is -2.29. The highest BCUT2D eigenvalue weighted by molar-refractivity contribution is 5.99. The number of aryl methyl sites for hydroxylation is 1. The minimum absolute atomic E-state index is 0.763. The molecule has 18 heavy (non-hydrogen) atoms. The number of benzene rings is 1. The molecule has 0 unspecified atom stereocenters. The number of morpholine rings is 1. The van der Waals surface area contributed by atoms with Crippen molar-refractivity contribution in [3.05, 3.63) is 30.0 Å². The third kappa shape index (κ3) is 1.88. The van der Waals surface area contributed by atoms with E-state index in [0.29, 0.717) is 0 Å². The summed E-state index contributed by atoms with van der Waals surface area (Å²) in [5.74, 6) is 1.03. The van der Waals surface area contributed by atoms with Crippen LogP contribution in [0, 0.1) is 6.92 Å². The first kappa shape index (κ1) is 11.3. The number of hydrogen-bond donors (Lipinski definition) is 1. The van der Waals surface area contributed by atoms with E-state index in [9.17, 15) is 0 Å². The molecule has 0 aliphatic carbocycles. The molecular weight excluding hydrogens is 226 g/mol. The normalized spacial score (nSPS) is 16.2. The van der Waals surface area contributed by atoms with E-state index in [1.54, 1.807) is 0 Å². The van der Waals surface area contributed by atoms with Crippen molar-refractivity contribution in [3.8, 4) is 0 Å². The number of hydrogen-bond acceptors (Lipinski definition) is 4. The van der Waals surface area contributed by atoms with Crippen molar-refractivity contribution >= 4 is 22.3 Å². The molecule has 1 saturated heterocycles. The molecule has 4 nitrogen and oxygen atoms in total. The van der Waals surface area contributed by atoms with Crippen LogP contribution in [0.15, 0.2) is 24.3 Å². The third-order valence-corrected chi connectivity index (χ3v) is 3.33. The van der Waals surface area contributed by atoms with Gasteiger partial charge in [0.2, 0.25) is 0 Å². The highest BCUT2D eigenvalue weighted by Gasteiger charge is 2.16. The Morgan fingerprint density at radius 3 is 2.78 bits per heavy atom. The summed E-state index contributed by atoms with van der Waals surface area (Å²) < 4.78 is 5.39. The highest BCUT2D eigenvalue weighted by atomic mass is 16.5. The molecule has 0 bridgehead atoms. The number of nitrogens with two attached hydrogens (primary N) is 1. The van der Waals surface area contributed by atoms with E-state index in [1.807, 2.05) is 19.1 Å². The number of fused-ring (bicyclic) bond motifs is 1. The number of rotatable bonds is 1. The summed E-state index contributed by atoms with van der Waals surface area (Å²) in [5, 5.41) is 2.22. The molecule has 1 aliphatic rings. The van der Waals surface area contributed by atoms with Crippen LogP contribution in [0.3, 0.4) is 0 Å². The van der Waals surface area contributed by atoms with Crippen LogP contribution < -0.4 is 10.6 Å². The Morgan fingerprint density at radius 1 is 1.22 bits per heavy atom. The van der Waals surface area contributed by atoms with Gasteiger partial charge >= 0.3 is 0 Å². The number of pyridine rings is 1. The van der Waals surface area contributed by atoms with Gasteiger partial charge in [0, 0.05) is 35.2 Å². The van der Waals surface area contributed by atoms with E-state index in [-0.39, 0.29) is 0 Å². The Bertz CT molecular complexity index is 577. The Hall–Kier alpha value is -1.81. The summed E-state index contributed by atoms with van der Waals surface area (Å²) in [4.78, 5) is 6.96. The number of ether oxygens (including phenoxy) is 1. The largest absolute Gasteiger partial charge is 0.398 e. The first-order valence-corrected chi connectivity index (χ1v) is 6.24. The maximum absolute atomic E-state index is 6.05. The van der Waals surface area contributed by atoms with E-state index >= 15 is 0 Å². The smallest absolute Gasteiger partial charge is 0.136 e. The number of nitrogen functional groups attached to an aromatic ring is 1. The molecule has 1 fully saturated rings. The molecule has 1 aromatic carbocycles. The van der Waals surface area contributed by atoms with Crippen LogP contribution in [0.2, 0.25) is 0 Å². The van der Waals surface area contributed by atoms with Crippen molar-refractivity contribution in [3.63, 3.8) is 0 Å². The Balaban J connectivity index is 2.18. The van der Waals surface area contributed by atoms with E-state index in [1.165, 1.54) is 0 Å². The predicted octanol–water partition coefficient (Wildman–Crippen LogP) is 1.96. The van der Waals surface area contributed by atoms with Gasteiger partial charge in [0.15, 0.2) is 0 Å². The monoisotopic (exact) mass is 243 g/mol. The summed E-state index contributed by atoms with van der Waals surface area (Å²) in [7, 11) is 0. The second kappa shape index (κ2) is 4.46. The number of aromatic nitrogens is 1. The lowest BCUT2D eigenvalue weighted by Crippen LogP contribution is -2.37. The van der Waals surface area contributed by atoms with Crippen LogP contribution in [0.1, 0.15) is 5.69 Å². The zero-order valence-electron chi connectivity index (χ0n) is 10.5. The molecular formula is C14H17N3O. The molecule has 1 aromatic heterocycles. The summed E-state index contributed by atoms with van der Waals surface area (Å²) in [6.07, 6.45) is 0. The zero-order chi connectivity index (χ0) is 12.5. The second-order valence-corrected chi connectivity index (χ2v) is 4.63. The van der Waals surface area contributed by atoms with Crippen molar-refractivity contribution in [1.82, 2.24) is 4.98 Å². The average molecular weight is 243 g/mol. The van der Waals surface area contributed by atoms with Crippen LogP contribution in [-0.2, 0) is 4.74 Å². The van der Waals surface area contributed by atoms with Crippen molar-refractivity contribution in [2.75, 3.05) is 36.9 Å². The minimum atomic E-state index is 0.763. The number of anilines is 2. The molecule has 2 N–H and O–H groups in total. The van der Waals surface area contributed by atoms with Crippen LogP contribution in [0.25, 0.3) is 10.8 Å². The third-order valence-electron chi connectivity index (χ3n) is 3.33. The Labute approximate surface area is 106 Å². The molecule has 2 heterocycles. The average Bonchev–Trinajstić information content (AvgIpc) is 2.40. The Kier molecular flexibility index (Phi) is 2.80. The second-order valence-electron chi connectivity index (χ2n) is 4.63. The van der Waals surface area contributed by atoms with Gasteiger partial charge in [-0.05, 0) is 19.1 Å². The molecule has 0 radical (unpaired) electrons. The van der Waals surface area contributed by atoms with Gasteiger partial charge in [0.25, 0.3) is 0 Å². The molecule has 1 aliphatic heterocycles. The van der Waals surface area contributed by atoms with Gasteiger partial charge in [-0.3, -0.25) is 0 Å². The summed E-state index contributed by atoms with van der Waals surface area (Å²) in [6.45, 7) is 5.31. The van der Waals surface area contributed by atoms with Gasteiger partial charge in [0.05, 0.1) is 13.2 Å². The molecule has 94 valence electrons. The van der Waals surface area contributed by atoms with E-state index in [4.69, 9.17) is 10.5 Å². The highest BCUT2D eigenvalue weighted by Crippen LogP contribution is 2.29. The summed E-state index contributed by atoms with van der Waals surface area (Å²) in [6, 6.07) is 8.06. The lowest BCUT2D eigenvalue weighted by atomic mass is 10.1. The SMILES string of the molecule is Cc1cc2c(N)cccc2c(N2CCOCC2)n1. The fourth-order valence-electron chi connectivity index (χ4n) is 2.42. The van der Waals surface area contributed by atoms with Crippen LogP contribution in [0.4, 0.5) is 11.5 Å². The van der Waals surface area contributed by atoms with Crippen molar-refractivity contribution < 1.29 is 4.74 Å². The molecule has 2 aromatic rings. The fourth-order valence-corrected chi connectivity index (χ4v) is 2.42. The standard InChI is InChI=1S/C14H17N3O/c1-10-9-12-11(3-2-4-13(12)15)14(16-10)17-5-7-18-8-6-17/h2-4,9H,5-8,15H2,1H3. The topological polar surface area (TPSA) is 51.4 Å². The summed E-state index contributed by atoms with van der Waals surface area (Å²) >= 11 is 0. The molecule has 0 amide bonds. The molecule has 0 spiro atoms. The zero-order valence-corrected chi connectivity index (χ0v) is 10.5. The van der Waals surface area contributed by atoms with Gasteiger partial charge in [0.1, 0.15) is 5.82 Å². The van der Waals surface area contributed by atoms with E-state index in [2.05, 4.69) is 22.0 Å². The Morgan fingerprint density at radius 2 is 2.00 bits per heavy atom. The maximum atomic E-state index is 6.05. The van der Waals surface area contributed by atoms with Gasteiger partial charge < -0.3 is 15.4 Å². The molecule has 0 atom stereocenters. The molecule has 3 rings (SSSR count). The van der Waals surface area contributed by atoms with Crippen molar-refractivity contribution in [2.45, 2.75) is 6.92 Å². The number of nitrogens with zero attached hydrogens (tertiary/aromatic N) is 2. The van der Waals surface area contributed by atoms with Gasteiger partial charge in [-0.2, -0.15) is 0 Å². The van der Waals surface area contributed by atoms with Crippen molar-refractivity contribution in [2.24, 2.45) is 0 Å². The van der Waals surface area contributed by atoms with Crippen LogP contribution >= 0.6 is 0 Å². The van der Waals surface area contributed by atoms with Crippen LogP contribution in [-0.4, -0.2) is 31.3 Å². The van der Waals surface area contributed by atoms with Gasteiger partial charge in [-0.1, -0.05) is 12.1 Å². The fraction of sp³-hybridized carbons (Fsp3) is 0.357.